The number of amides is 1. The molecule has 5 nitrogen and oxygen atoms in total. The van der Waals surface area contributed by atoms with Crippen LogP contribution in [0.3, 0.4) is 0 Å². The van der Waals surface area contributed by atoms with Crippen molar-refractivity contribution in [2.75, 3.05) is 6.61 Å². The topological polar surface area (TPSA) is 56.8 Å². The Labute approximate surface area is 137 Å². The molecule has 1 aromatic carbocycles. The summed E-state index contributed by atoms with van der Waals surface area (Å²) in [6.07, 6.45) is 2.15. The SMILES string of the molecule is CC1(C)OB(c2cccc(OCC(=O)NC3CC3)c2)OC1(C)C. The predicted octanol–water partition coefficient (Wildman–Crippen LogP) is 1.64. The maximum atomic E-state index is 11.7. The molecule has 0 unspecified atom stereocenters. The molecule has 1 heterocycles. The molecular formula is C17H24BNO4. The van der Waals surface area contributed by atoms with Crippen LogP contribution in [0.2, 0.25) is 0 Å². The van der Waals surface area contributed by atoms with Crippen molar-refractivity contribution in [1.29, 1.82) is 0 Å². The van der Waals surface area contributed by atoms with E-state index in [4.69, 9.17) is 14.0 Å². The van der Waals surface area contributed by atoms with Crippen molar-refractivity contribution in [3.05, 3.63) is 24.3 Å². The van der Waals surface area contributed by atoms with Crippen LogP contribution in [0.25, 0.3) is 0 Å². The van der Waals surface area contributed by atoms with Crippen molar-refractivity contribution in [1.82, 2.24) is 5.32 Å². The average Bonchev–Trinajstić information content (AvgIpc) is 3.24. The molecule has 1 aromatic rings. The Kier molecular flexibility index (Phi) is 4.15. The summed E-state index contributed by atoms with van der Waals surface area (Å²) >= 11 is 0. The van der Waals surface area contributed by atoms with Crippen LogP contribution in [0.1, 0.15) is 40.5 Å². The fourth-order valence-electron chi connectivity index (χ4n) is 2.38. The maximum Gasteiger partial charge on any atom is 0.494 e. The average molecular weight is 317 g/mol. The molecule has 3 rings (SSSR count). The van der Waals surface area contributed by atoms with E-state index in [1.54, 1.807) is 0 Å². The van der Waals surface area contributed by atoms with Gasteiger partial charge in [0.15, 0.2) is 6.61 Å². The highest BCUT2D eigenvalue weighted by molar-refractivity contribution is 6.62. The van der Waals surface area contributed by atoms with Crippen LogP contribution in [0.4, 0.5) is 0 Å². The minimum atomic E-state index is -0.427. The molecule has 0 radical (unpaired) electrons. The fourth-order valence-corrected chi connectivity index (χ4v) is 2.38. The van der Waals surface area contributed by atoms with Crippen LogP contribution in [-0.2, 0) is 14.1 Å². The minimum absolute atomic E-state index is 0.0311. The Morgan fingerprint density at radius 1 is 1.26 bits per heavy atom. The molecule has 0 aromatic heterocycles. The van der Waals surface area contributed by atoms with Crippen molar-refractivity contribution < 1.29 is 18.8 Å². The second-order valence-electron chi connectivity index (χ2n) is 7.29. The summed E-state index contributed by atoms with van der Waals surface area (Å²) in [5, 5.41) is 2.90. The first-order valence-corrected chi connectivity index (χ1v) is 8.15. The summed E-state index contributed by atoms with van der Waals surface area (Å²) in [7, 11) is -0.427. The van der Waals surface area contributed by atoms with Crippen LogP contribution in [-0.4, -0.2) is 36.9 Å². The number of benzene rings is 1. The summed E-state index contributed by atoms with van der Waals surface area (Å²) in [5.41, 5.74) is 0.140. The van der Waals surface area contributed by atoms with Crippen LogP contribution in [0.5, 0.6) is 5.75 Å². The zero-order valence-corrected chi connectivity index (χ0v) is 14.2. The van der Waals surface area contributed by atoms with Gasteiger partial charge in [0.25, 0.3) is 5.91 Å². The lowest BCUT2D eigenvalue weighted by Gasteiger charge is -2.32. The number of hydrogen-bond acceptors (Lipinski definition) is 4. The van der Waals surface area contributed by atoms with Crippen molar-refractivity contribution >= 4 is 18.5 Å². The van der Waals surface area contributed by atoms with Gasteiger partial charge in [-0.3, -0.25) is 4.79 Å². The zero-order valence-electron chi connectivity index (χ0n) is 14.2. The van der Waals surface area contributed by atoms with E-state index in [9.17, 15) is 4.79 Å². The van der Waals surface area contributed by atoms with Crippen molar-refractivity contribution in [3.63, 3.8) is 0 Å². The fraction of sp³-hybridized carbons (Fsp3) is 0.588. The van der Waals surface area contributed by atoms with Gasteiger partial charge in [-0.15, -0.1) is 0 Å². The van der Waals surface area contributed by atoms with Crippen molar-refractivity contribution in [3.8, 4) is 5.75 Å². The van der Waals surface area contributed by atoms with Gasteiger partial charge in [0.05, 0.1) is 11.2 Å². The van der Waals surface area contributed by atoms with E-state index in [-0.39, 0.29) is 23.7 Å². The van der Waals surface area contributed by atoms with Crippen molar-refractivity contribution in [2.24, 2.45) is 0 Å². The molecule has 0 atom stereocenters. The number of ether oxygens (including phenoxy) is 1. The van der Waals surface area contributed by atoms with E-state index in [1.807, 2.05) is 52.0 Å². The van der Waals surface area contributed by atoms with E-state index < -0.39 is 7.12 Å². The van der Waals surface area contributed by atoms with E-state index in [0.717, 1.165) is 18.3 Å². The molecule has 1 N–H and O–H groups in total. The van der Waals surface area contributed by atoms with Gasteiger partial charge in [0.2, 0.25) is 0 Å². The monoisotopic (exact) mass is 317 g/mol. The first-order chi connectivity index (χ1) is 10.8. The number of nitrogens with one attached hydrogen (secondary N) is 1. The van der Waals surface area contributed by atoms with Crippen LogP contribution in [0, 0.1) is 0 Å². The molecule has 0 spiro atoms. The van der Waals surface area contributed by atoms with Gasteiger partial charge in [-0.2, -0.15) is 0 Å². The largest absolute Gasteiger partial charge is 0.494 e. The molecule has 1 saturated heterocycles. The van der Waals surface area contributed by atoms with E-state index in [0.29, 0.717) is 11.8 Å². The van der Waals surface area contributed by atoms with E-state index in [1.165, 1.54) is 0 Å². The third kappa shape index (κ3) is 3.70. The molecule has 0 bridgehead atoms. The Morgan fingerprint density at radius 3 is 2.52 bits per heavy atom. The smallest absolute Gasteiger partial charge is 0.484 e. The quantitative estimate of drug-likeness (QED) is 0.839. The minimum Gasteiger partial charge on any atom is -0.484 e. The molecule has 1 saturated carbocycles. The van der Waals surface area contributed by atoms with Gasteiger partial charge in [-0.1, -0.05) is 12.1 Å². The van der Waals surface area contributed by atoms with Gasteiger partial charge in [0.1, 0.15) is 5.75 Å². The maximum absolute atomic E-state index is 11.7. The lowest BCUT2D eigenvalue weighted by atomic mass is 9.79. The standard InChI is InChI=1S/C17H24BNO4/c1-16(2)17(3,4)23-18(22-16)12-6-5-7-14(10-12)21-11-15(20)19-13-8-9-13/h5-7,10,13H,8-9,11H2,1-4H3,(H,19,20). The lowest BCUT2D eigenvalue weighted by Crippen LogP contribution is -2.41. The number of carbonyl (C=O) groups excluding carboxylic acids is 1. The Bertz CT molecular complexity index is 582. The molecule has 124 valence electrons. The van der Waals surface area contributed by atoms with Gasteiger partial charge >= 0.3 is 7.12 Å². The zero-order chi connectivity index (χ0) is 16.7. The third-order valence-electron chi connectivity index (χ3n) is 4.70. The summed E-state index contributed by atoms with van der Waals surface area (Å²) in [5.74, 6) is 0.566. The molecule has 1 amide bonds. The molecule has 1 aliphatic heterocycles. The highest BCUT2D eigenvalue weighted by Gasteiger charge is 2.51. The Hall–Kier alpha value is -1.53. The van der Waals surface area contributed by atoms with Gasteiger partial charge in [-0.25, -0.2) is 0 Å². The van der Waals surface area contributed by atoms with E-state index >= 15 is 0 Å². The summed E-state index contributed by atoms with van der Waals surface area (Å²) < 4.78 is 17.6. The van der Waals surface area contributed by atoms with Crippen molar-refractivity contribution in [2.45, 2.75) is 57.8 Å². The number of rotatable bonds is 5. The molecule has 2 aliphatic rings. The first kappa shape index (κ1) is 16.3. The summed E-state index contributed by atoms with van der Waals surface area (Å²) in [6.45, 7) is 8.12. The lowest BCUT2D eigenvalue weighted by molar-refractivity contribution is -0.123. The highest BCUT2D eigenvalue weighted by atomic mass is 16.7. The van der Waals surface area contributed by atoms with Gasteiger partial charge in [-0.05, 0) is 58.1 Å². The normalized spacial score (nSPS) is 22.0. The van der Waals surface area contributed by atoms with E-state index in [2.05, 4.69) is 5.32 Å². The number of hydrogen-bond donors (Lipinski definition) is 1. The molecule has 23 heavy (non-hydrogen) atoms. The second-order valence-corrected chi connectivity index (χ2v) is 7.29. The van der Waals surface area contributed by atoms with Crippen LogP contribution < -0.4 is 15.5 Å². The Morgan fingerprint density at radius 2 is 1.91 bits per heavy atom. The first-order valence-electron chi connectivity index (χ1n) is 8.15. The predicted molar refractivity (Wildman–Crippen MR) is 88.8 cm³/mol. The van der Waals surface area contributed by atoms with Gasteiger partial charge < -0.3 is 19.4 Å². The molecular weight excluding hydrogens is 293 g/mol. The van der Waals surface area contributed by atoms with Crippen LogP contribution >= 0.6 is 0 Å². The molecule has 1 aliphatic carbocycles. The summed E-state index contributed by atoms with van der Waals surface area (Å²) in [4.78, 5) is 11.7. The van der Waals surface area contributed by atoms with Gasteiger partial charge in [0, 0.05) is 6.04 Å². The van der Waals surface area contributed by atoms with Crippen LogP contribution in [0.15, 0.2) is 24.3 Å². The Balaban J connectivity index is 1.62. The third-order valence-corrected chi connectivity index (χ3v) is 4.70. The number of carbonyl (C=O) groups is 1. The highest BCUT2D eigenvalue weighted by Crippen LogP contribution is 2.36. The molecule has 2 fully saturated rings. The second kappa shape index (κ2) is 5.84. The summed E-state index contributed by atoms with van der Waals surface area (Å²) in [6, 6.07) is 7.88. The molecule has 6 heteroatoms.